The molecule has 8 nitrogen and oxygen atoms in total. The van der Waals surface area contributed by atoms with E-state index in [9.17, 15) is 9.59 Å². The Morgan fingerprint density at radius 1 is 1.09 bits per heavy atom. The lowest BCUT2D eigenvalue weighted by Crippen LogP contribution is -2.47. The number of pyridine rings is 1. The van der Waals surface area contributed by atoms with Gasteiger partial charge in [0.05, 0.1) is 32.3 Å². The lowest BCUT2D eigenvalue weighted by atomic mass is 9.88. The van der Waals surface area contributed by atoms with Gasteiger partial charge in [0.1, 0.15) is 0 Å². The minimum atomic E-state index is -0.187. The molecule has 2 aliphatic heterocycles. The number of ether oxygens (including phenoxy) is 3. The molecule has 1 atom stereocenters. The third-order valence-corrected chi connectivity index (χ3v) is 6.57. The number of nitrogens with one attached hydrogen (secondary N) is 1. The lowest BCUT2D eigenvalue weighted by molar-refractivity contribution is -0.122. The van der Waals surface area contributed by atoms with E-state index in [0.29, 0.717) is 36.7 Å². The Morgan fingerprint density at radius 3 is 2.52 bits per heavy atom. The topological polar surface area (TPSA) is 90.0 Å². The van der Waals surface area contributed by atoms with Gasteiger partial charge in [-0.15, -0.1) is 0 Å². The number of hydrogen-bond acceptors (Lipinski definition) is 6. The highest BCUT2D eigenvalue weighted by Crippen LogP contribution is 2.39. The predicted molar refractivity (Wildman–Crippen MR) is 122 cm³/mol. The van der Waals surface area contributed by atoms with Crippen molar-refractivity contribution in [3.05, 3.63) is 53.9 Å². The van der Waals surface area contributed by atoms with E-state index in [0.717, 1.165) is 31.2 Å². The van der Waals surface area contributed by atoms with E-state index in [1.54, 1.807) is 44.8 Å². The van der Waals surface area contributed by atoms with Gasteiger partial charge in [-0.2, -0.15) is 0 Å². The molecule has 2 aliphatic rings. The smallest absolute Gasteiger partial charge is 0.253 e. The number of piperidine rings is 1. The van der Waals surface area contributed by atoms with Crippen LogP contribution in [0.15, 0.2) is 42.7 Å². The maximum absolute atomic E-state index is 12.7. The van der Waals surface area contributed by atoms with E-state index in [1.165, 1.54) is 0 Å². The third-order valence-electron chi connectivity index (χ3n) is 6.57. The van der Waals surface area contributed by atoms with Gasteiger partial charge in [-0.25, -0.2) is 0 Å². The Kier molecular flexibility index (Phi) is 7.13. The van der Waals surface area contributed by atoms with Crippen LogP contribution in [0.5, 0.6) is 11.5 Å². The van der Waals surface area contributed by atoms with Crippen LogP contribution in [-0.2, 0) is 16.0 Å². The summed E-state index contributed by atoms with van der Waals surface area (Å²) in [5.41, 5.74) is 1.34. The monoisotopic (exact) mass is 453 g/mol. The van der Waals surface area contributed by atoms with E-state index >= 15 is 0 Å². The second-order valence-electron chi connectivity index (χ2n) is 8.66. The molecule has 0 aliphatic carbocycles. The quantitative estimate of drug-likeness (QED) is 0.693. The Morgan fingerprint density at radius 2 is 1.82 bits per heavy atom. The Hall–Kier alpha value is -3.13. The fourth-order valence-corrected chi connectivity index (χ4v) is 4.67. The number of aromatic nitrogens is 1. The van der Waals surface area contributed by atoms with Crippen LogP contribution in [0.1, 0.15) is 41.6 Å². The van der Waals surface area contributed by atoms with Gasteiger partial charge in [-0.1, -0.05) is 6.07 Å². The minimum Gasteiger partial charge on any atom is -0.493 e. The first kappa shape index (κ1) is 23.0. The molecule has 1 aromatic carbocycles. The third kappa shape index (κ3) is 5.45. The molecule has 1 aromatic heterocycles. The average molecular weight is 454 g/mol. The highest BCUT2D eigenvalue weighted by atomic mass is 16.5. The summed E-state index contributed by atoms with van der Waals surface area (Å²) in [4.78, 5) is 31.0. The molecule has 1 N–H and O–H groups in total. The lowest BCUT2D eigenvalue weighted by Gasteiger charge is -2.39. The number of hydrogen-bond donors (Lipinski definition) is 1. The van der Waals surface area contributed by atoms with Gasteiger partial charge in [-0.3, -0.25) is 14.6 Å². The predicted octanol–water partition coefficient (Wildman–Crippen LogP) is 2.61. The highest BCUT2D eigenvalue weighted by Gasteiger charge is 2.43. The van der Waals surface area contributed by atoms with Gasteiger partial charge >= 0.3 is 0 Å². The number of likely N-dealkylation sites (tertiary alicyclic amines) is 1. The van der Waals surface area contributed by atoms with Gasteiger partial charge in [0.15, 0.2) is 11.5 Å². The molecule has 2 saturated heterocycles. The zero-order valence-electron chi connectivity index (χ0n) is 19.2. The fraction of sp³-hybridized carbons (Fsp3) is 0.480. The number of amides is 2. The molecule has 0 unspecified atom stereocenters. The molecule has 2 amide bonds. The van der Waals surface area contributed by atoms with Crippen molar-refractivity contribution in [2.75, 3.05) is 33.9 Å². The summed E-state index contributed by atoms with van der Waals surface area (Å²) < 4.78 is 16.9. The summed E-state index contributed by atoms with van der Waals surface area (Å²) in [5.74, 6) is 1.24. The average Bonchev–Trinajstić information content (AvgIpc) is 3.25. The van der Waals surface area contributed by atoms with Crippen molar-refractivity contribution in [2.45, 2.75) is 43.8 Å². The van der Waals surface area contributed by atoms with Crippen molar-refractivity contribution < 1.29 is 23.8 Å². The molecular formula is C25H31N3O5. The first-order valence-electron chi connectivity index (χ1n) is 11.4. The maximum Gasteiger partial charge on any atom is 0.253 e. The number of methoxy groups -OCH3 is 2. The van der Waals surface area contributed by atoms with Crippen LogP contribution in [0.3, 0.4) is 0 Å². The van der Waals surface area contributed by atoms with Gasteiger partial charge in [0.25, 0.3) is 5.91 Å². The standard InChI is InChI=1S/C25H31N3O5/c1-31-21-4-3-18(15-22(21)32-2)16-23(29)27-17-20-5-8-25(33-20)9-13-28(14-10-25)24(30)19-6-11-26-12-7-19/h3-4,6-7,11-12,15,20H,5,8-10,13-14,16-17H2,1-2H3,(H,27,29)/t20-/m0/s1. The van der Waals surface area contributed by atoms with Crippen molar-refractivity contribution in [3.8, 4) is 11.5 Å². The highest BCUT2D eigenvalue weighted by molar-refractivity contribution is 5.94. The van der Waals surface area contributed by atoms with Crippen molar-refractivity contribution in [1.82, 2.24) is 15.2 Å². The van der Waals surface area contributed by atoms with E-state index in [1.807, 2.05) is 17.0 Å². The van der Waals surface area contributed by atoms with Gasteiger partial charge < -0.3 is 24.4 Å². The maximum atomic E-state index is 12.7. The van der Waals surface area contributed by atoms with Gasteiger partial charge in [0, 0.05) is 37.6 Å². The van der Waals surface area contributed by atoms with Crippen LogP contribution in [0.25, 0.3) is 0 Å². The van der Waals surface area contributed by atoms with Crippen LogP contribution in [-0.4, -0.2) is 67.3 Å². The fourth-order valence-electron chi connectivity index (χ4n) is 4.67. The molecule has 2 fully saturated rings. The van der Waals surface area contributed by atoms with Crippen LogP contribution in [0, 0.1) is 0 Å². The molecular weight excluding hydrogens is 422 g/mol. The molecule has 2 aromatic rings. The molecule has 8 heteroatoms. The number of benzene rings is 1. The Balaban J connectivity index is 1.23. The summed E-state index contributed by atoms with van der Waals surface area (Å²) in [6.07, 6.45) is 7.06. The van der Waals surface area contributed by atoms with E-state index in [2.05, 4.69) is 10.3 Å². The molecule has 3 heterocycles. The molecule has 176 valence electrons. The first-order valence-corrected chi connectivity index (χ1v) is 11.4. The van der Waals surface area contributed by atoms with Crippen molar-refractivity contribution in [1.29, 1.82) is 0 Å². The number of nitrogens with zero attached hydrogens (tertiary/aromatic N) is 2. The summed E-state index contributed by atoms with van der Waals surface area (Å²) >= 11 is 0. The van der Waals surface area contributed by atoms with Crippen LogP contribution in [0.2, 0.25) is 0 Å². The van der Waals surface area contributed by atoms with Crippen molar-refractivity contribution in [2.24, 2.45) is 0 Å². The molecule has 0 bridgehead atoms. The first-order chi connectivity index (χ1) is 16.0. The van der Waals surface area contributed by atoms with Crippen LogP contribution >= 0.6 is 0 Å². The molecule has 0 radical (unpaired) electrons. The van der Waals surface area contributed by atoms with E-state index < -0.39 is 0 Å². The normalized spacial score (nSPS) is 19.3. The van der Waals surface area contributed by atoms with E-state index in [-0.39, 0.29) is 29.9 Å². The van der Waals surface area contributed by atoms with Crippen molar-refractivity contribution >= 4 is 11.8 Å². The van der Waals surface area contributed by atoms with Gasteiger partial charge in [0.2, 0.25) is 5.91 Å². The zero-order chi connectivity index (χ0) is 23.3. The Labute approximate surface area is 194 Å². The second-order valence-corrected chi connectivity index (χ2v) is 8.66. The van der Waals surface area contributed by atoms with Crippen molar-refractivity contribution in [3.63, 3.8) is 0 Å². The SMILES string of the molecule is COc1ccc(CC(=O)NC[C@@H]2CCC3(CCN(C(=O)c4ccncc4)CC3)O2)cc1OC. The van der Waals surface area contributed by atoms with E-state index in [4.69, 9.17) is 14.2 Å². The Bertz CT molecular complexity index is 973. The number of rotatable bonds is 7. The second kappa shape index (κ2) is 10.2. The number of carbonyl (C=O) groups is 2. The largest absolute Gasteiger partial charge is 0.493 e. The summed E-state index contributed by atoms with van der Waals surface area (Å²) in [6, 6.07) is 8.99. The summed E-state index contributed by atoms with van der Waals surface area (Å²) in [7, 11) is 3.16. The molecule has 1 spiro atoms. The van der Waals surface area contributed by atoms with Gasteiger partial charge in [-0.05, 0) is 55.5 Å². The van der Waals surface area contributed by atoms with Crippen LogP contribution in [0.4, 0.5) is 0 Å². The number of carbonyl (C=O) groups excluding carboxylic acids is 2. The minimum absolute atomic E-state index is 0.00167. The molecule has 4 rings (SSSR count). The summed E-state index contributed by atoms with van der Waals surface area (Å²) in [6.45, 7) is 1.85. The summed E-state index contributed by atoms with van der Waals surface area (Å²) in [5, 5.41) is 3.00. The zero-order valence-corrected chi connectivity index (χ0v) is 19.2. The molecule has 0 saturated carbocycles. The van der Waals surface area contributed by atoms with Crippen LogP contribution < -0.4 is 14.8 Å². The molecule has 33 heavy (non-hydrogen) atoms.